The van der Waals surface area contributed by atoms with Crippen LogP contribution in [0.2, 0.25) is 0 Å². The predicted octanol–water partition coefficient (Wildman–Crippen LogP) is 3.03. The highest BCUT2D eigenvalue weighted by atomic mass is 16.6. The van der Waals surface area contributed by atoms with Gasteiger partial charge in [0.15, 0.2) is 0 Å². The van der Waals surface area contributed by atoms with Crippen molar-refractivity contribution in [3.8, 4) is 5.75 Å². The summed E-state index contributed by atoms with van der Waals surface area (Å²) in [5.74, 6) is -0.0199. The quantitative estimate of drug-likeness (QED) is 0.460. The number of nitrogens with zero attached hydrogens (tertiary/aromatic N) is 2. The number of carbonyl (C=O) groups excluding carboxylic acids is 1. The number of para-hydroxylation sites is 1. The maximum atomic E-state index is 12.2. The average Bonchev–Trinajstić information content (AvgIpc) is 2.59. The second kappa shape index (κ2) is 7.45. The third-order valence-electron chi connectivity index (χ3n) is 3.44. The zero-order chi connectivity index (χ0) is 17.7. The molecule has 24 heavy (non-hydrogen) atoms. The number of hydrogen-bond acceptors (Lipinski definition) is 6. The largest absolute Gasteiger partial charge is 0.496 e. The Kier molecular flexibility index (Phi) is 5.36. The molecule has 0 heterocycles. The maximum Gasteiger partial charge on any atom is 0.338 e. The Bertz CT molecular complexity index is 758. The van der Waals surface area contributed by atoms with Crippen LogP contribution in [0.4, 0.5) is 11.4 Å². The minimum Gasteiger partial charge on any atom is -0.496 e. The standard InChI is InChI=1S/C17H18N2O5/c1-18(2)14-9-8-12(10-15(14)19(21)22)17(20)24-11-13-6-4-5-7-16(13)23-3/h4-10H,11H2,1-3H3. The summed E-state index contributed by atoms with van der Waals surface area (Å²) in [5.41, 5.74) is 1.11. The molecule has 0 fully saturated rings. The molecule has 2 rings (SSSR count). The highest BCUT2D eigenvalue weighted by Gasteiger charge is 2.19. The lowest BCUT2D eigenvalue weighted by atomic mass is 10.1. The fourth-order valence-corrected chi connectivity index (χ4v) is 2.22. The molecule has 0 aromatic heterocycles. The second-order valence-corrected chi connectivity index (χ2v) is 5.24. The number of benzene rings is 2. The minimum atomic E-state index is -0.630. The molecule has 126 valence electrons. The first kappa shape index (κ1) is 17.3. The van der Waals surface area contributed by atoms with Crippen molar-refractivity contribution < 1.29 is 19.2 Å². The molecule has 0 saturated heterocycles. The summed E-state index contributed by atoms with van der Waals surface area (Å²) < 4.78 is 10.4. The van der Waals surface area contributed by atoms with Gasteiger partial charge in [-0.2, -0.15) is 0 Å². The number of methoxy groups -OCH3 is 1. The molecule has 0 aliphatic heterocycles. The topological polar surface area (TPSA) is 81.9 Å². The van der Waals surface area contributed by atoms with Gasteiger partial charge in [0.05, 0.1) is 17.6 Å². The highest BCUT2D eigenvalue weighted by molar-refractivity contribution is 5.91. The smallest absolute Gasteiger partial charge is 0.338 e. The van der Waals surface area contributed by atoms with Crippen LogP contribution in [-0.4, -0.2) is 32.1 Å². The number of carbonyl (C=O) groups is 1. The highest BCUT2D eigenvalue weighted by Crippen LogP contribution is 2.28. The van der Waals surface area contributed by atoms with Crippen LogP contribution in [0, 0.1) is 10.1 Å². The van der Waals surface area contributed by atoms with E-state index in [1.165, 1.54) is 25.3 Å². The van der Waals surface area contributed by atoms with Crippen LogP contribution in [0.5, 0.6) is 5.75 Å². The summed E-state index contributed by atoms with van der Waals surface area (Å²) >= 11 is 0. The molecule has 7 heteroatoms. The van der Waals surface area contributed by atoms with Crippen molar-refractivity contribution >= 4 is 17.3 Å². The molecule has 0 spiro atoms. The Morgan fingerprint density at radius 3 is 2.54 bits per heavy atom. The first-order valence-corrected chi connectivity index (χ1v) is 7.19. The Labute approximate surface area is 139 Å². The zero-order valence-electron chi connectivity index (χ0n) is 13.7. The molecule has 2 aromatic carbocycles. The number of rotatable bonds is 6. The molecular formula is C17H18N2O5. The first-order valence-electron chi connectivity index (χ1n) is 7.19. The van der Waals surface area contributed by atoms with Crippen LogP contribution in [-0.2, 0) is 11.3 Å². The Hall–Kier alpha value is -3.09. The van der Waals surface area contributed by atoms with E-state index in [0.717, 1.165) is 0 Å². The van der Waals surface area contributed by atoms with Gasteiger partial charge >= 0.3 is 5.97 Å². The van der Waals surface area contributed by atoms with Gasteiger partial charge in [-0.25, -0.2) is 4.79 Å². The van der Waals surface area contributed by atoms with E-state index >= 15 is 0 Å². The molecule has 0 saturated carbocycles. The van der Waals surface area contributed by atoms with Crippen molar-refractivity contribution in [2.24, 2.45) is 0 Å². The van der Waals surface area contributed by atoms with E-state index in [0.29, 0.717) is 17.0 Å². The Morgan fingerprint density at radius 2 is 1.92 bits per heavy atom. The lowest BCUT2D eigenvalue weighted by Crippen LogP contribution is -2.12. The number of nitro groups is 1. The Balaban J connectivity index is 2.18. The first-order chi connectivity index (χ1) is 11.4. The molecule has 0 unspecified atom stereocenters. The van der Waals surface area contributed by atoms with E-state index in [4.69, 9.17) is 9.47 Å². The van der Waals surface area contributed by atoms with E-state index in [9.17, 15) is 14.9 Å². The van der Waals surface area contributed by atoms with Crippen molar-refractivity contribution in [1.29, 1.82) is 0 Å². The van der Waals surface area contributed by atoms with Gasteiger partial charge in [-0.3, -0.25) is 10.1 Å². The zero-order valence-corrected chi connectivity index (χ0v) is 13.7. The molecule has 0 radical (unpaired) electrons. The number of nitro benzene ring substituents is 1. The van der Waals surface area contributed by atoms with E-state index in [2.05, 4.69) is 0 Å². The fraction of sp³-hybridized carbons (Fsp3) is 0.235. The summed E-state index contributed by atoms with van der Waals surface area (Å²) in [6.07, 6.45) is 0. The molecule has 0 bridgehead atoms. The summed E-state index contributed by atoms with van der Waals surface area (Å²) in [6.45, 7) is 0.0199. The van der Waals surface area contributed by atoms with Crippen LogP contribution in [0.15, 0.2) is 42.5 Å². The lowest BCUT2D eigenvalue weighted by molar-refractivity contribution is -0.384. The Morgan fingerprint density at radius 1 is 1.21 bits per heavy atom. The van der Waals surface area contributed by atoms with Crippen molar-refractivity contribution in [1.82, 2.24) is 0 Å². The van der Waals surface area contributed by atoms with Crippen LogP contribution >= 0.6 is 0 Å². The van der Waals surface area contributed by atoms with Gasteiger partial charge in [0.1, 0.15) is 18.0 Å². The normalized spacial score (nSPS) is 10.1. The van der Waals surface area contributed by atoms with Gasteiger partial charge in [0.25, 0.3) is 5.69 Å². The molecule has 7 nitrogen and oxygen atoms in total. The van der Waals surface area contributed by atoms with Crippen molar-refractivity contribution in [3.63, 3.8) is 0 Å². The number of esters is 1. The van der Waals surface area contributed by atoms with E-state index in [1.54, 1.807) is 31.1 Å². The van der Waals surface area contributed by atoms with Crippen molar-refractivity contribution in [3.05, 3.63) is 63.7 Å². The predicted molar refractivity (Wildman–Crippen MR) is 89.5 cm³/mol. The van der Waals surface area contributed by atoms with Crippen LogP contribution in [0.1, 0.15) is 15.9 Å². The molecule has 0 amide bonds. The second-order valence-electron chi connectivity index (χ2n) is 5.24. The van der Waals surface area contributed by atoms with Gasteiger partial charge in [-0.1, -0.05) is 18.2 Å². The monoisotopic (exact) mass is 330 g/mol. The van der Waals surface area contributed by atoms with Gasteiger partial charge in [0, 0.05) is 25.7 Å². The molecule has 2 aromatic rings. The summed E-state index contributed by atoms with van der Waals surface area (Å²) in [5, 5.41) is 11.2. The summed E-state index contributed by atoms with van der Waals surface area (Å²) in [6, 6.07) is 11.4. The van der Waals surface area contributed by atoms with Crippen LogP contribution in [0.3, 0.4) is 0 Å². The summed E-state index contributed by atoms with van der Waals surface area (Å²) in [7, 11) is 4.92. The van der Waals surface area contributed by atoms with E-state index in [-0.39, 0.29) is 17.9 Å². The number of ether oxygens (including phenoxy) is 2. The molecule has 0 N–H and O–H groups in total. The van der Waals surface area contributed by atoms with Crippen molar-refractivity contribution in [2.75, 3.05) is 26.1 Å². The lowest BCUT2D eigenvalue weighted by Gasteiger charge is -2.13. The third kappa shape index (κ3) is 3.81. The van der Waals surface area contributed by atoms with Crippen molar-refractivity contribution in [2.45, 2.75) is 6.61 Å². The number of anilines is 1. The average molecular weight is 330 g/mol. The maximum absolute atomic E-state index is 12.2. The summed E-state index contributed by atoms with van der Waals surface area (Å²) in [4.78, 5) is 24.4. The van der Waals surface area contributed by atoms with Crippen LogP contribution in [0.25, 0.3) is 0 Å². The SMILES string of the molecule is COc1ccccc1COC(=O)c1ccc(N(C)C)c([N+](=O)[O-])c1. The fourth-order valence-electron chi connectivity index (χ4n) is 2.22. The van der Waals surface area contributed by atoms with Gasteiger partial charge in [0.2, 0.25) is 0 Å². The van der Waals surface area contributed by atoms with Gasteiger partial charge in [-0.05, 0) is 18.2 Å². The molecule has 0 atom stereocenters. The molecular weight excluding hydrogens is 312 g/mol. The molecule has 0 aliphatic carbocycles. The van der Waals surface area contributed by atoms with Gasteiger partial charge < -0.3 is 14.4 Å². The number of hydrogen-bond donors (Lipinski definition) is 0. The van der Waals surface area contributed by atoms with Gasteiger partial charge in [-0.15, -0.1) is 0 Å². The van der Waals surface area contributed by atoms with Crippen LogP contribution < -0.4 is 9.64 Å². The van der Waals surface area contributed by atoms with E-state index in [1.807, 2.05) is 12.1 Å². The minimum absolute atomic E-state index is 0.0199. The van der Waals surface area contributed by atoms with E-state index < -0.39 is 10.9 Å². The molecule has 0 aliphatic rings. The third-order valence-corrected chi connectivity index (χ3v) is 3.44.